The molecule has 0 radical (unpaired) electrons. The normalized spacial score (nSPS) is 11.8. The minimum Gasteiger partial charge on any atom is -0.421 e. The van der Waals surface area contributed by atoms with Crippen LogP contribution in [0.3, 0.4) is 0 Å². The largest absolute Gasteiger partial charge is 0.421 e. The van der Waals surface area contributed by atoms with Crippen molar-refractivity contribution in [3.8, 4) is 11.5 Å². The summed E-state index contributed by atoms with van der Waals surface area (Å²) in [5.74, 6) is 1.12. The number of benzene rings is 1. The predicted molar refractivity (Wildman–Crippen MR) is 63.8 cm³/mol. The summed E-state index contributed by atoms with van der Waals surface area (Å²) in [6.07, 6.45) is -3.09. The Morgan fingerprint density at radius 2 is 1.79 bits per heavy atom. The Balaban J connectivity index is 2.16. The van der Waals surface area contributed by atoms with Gasteiger partial charge in [0, 0.05) is 17.9 Å². The third-order valence-electron chi connectivity index (χ3n) is 2.45. The van der Waals surface area contributed by atoms with Crippen LogP contribution in [0, 0.1) is 0 Å². The number of hydrogen-bond acceptors (Lipinski definition) is 3. The molecule has 0 amide bonds. The zero-order valence-corrected chi connectivity index (χ0v) is 10.5. The average molecular weight is 291 g/mol. The van der Waals surface area contributed by atoms with Crippen LogP contribution in [0.15, 0.2) is 28.7 Å². The summed E-state index contributed by atoms with van der Waals surface area (Å²) in [4.78, 5) is 0. The fraction of sp³-hybridized carbons (Fsp3) is 0.333. The van der Waals surface area contributed by atoms with Crippen LogP contribution in [0.25, 0.3) is 11.5 Å². The van der Waals surface area contributed by atoms with Gasteiger partial charge in [0.1, 0.15) is 0 Å². The number of nitrogens with zero attached hydrogens (tertiary/aromatic N) is 2. The molecule has 0 aliphatic heterocycles. The highest BCUT2D eigenvalue weighted by molar-refractivity contribution is 6.17. The predicted octanol–water partition coefficient (Wildman–Crippen LogP) is 3.93. The first-order chi connectivity index (χ1) is 9.00. The Kier molecular flexibility index (Phi) is 4.09. The lowest BCUT2D eigenvalue weighted by atomic mass is 10.1. The maximum atomic E-state index is 12.4. The van der Waals surface area contributed by atoms with Crippen molar-refractivity contribution < 1.29 is 17.6 Å². The lowest BCUT2D eigenvalue weighted by Gasteiger charge is -2.05. The highest BCUT2D eigenvalue weighted by Gasteiger charge is 2.30. The van der Waals surface area contributed by atoms with Crippen molar-refractivity contribution in [3.63, 3.8) is 0 Å². The molecule has 2 rings (SSSR count). The molecule has 7 heteroatoms. The minimum atomic E-state index is -4.35. The first-order valence-corrected chi connectivity index (χ1v) is 6.10. The third-order valence-corrected chi connectivity index (χ3v) is 2.72. The summed E-state index contributed by atoms with van der Waals surface area (Å²) in [5.41, 5.74) is -0.254. The van der Waals surface area contributed by atoms with Gasteiger partial charge in [-0.1, -0.05) is 0 Å². The van der Waals surface area contributed by atoms with E-state index >= 15 is 0 Å². The van der Waals surface area contributed by atoms with Crippen LogP contribution in [0.2, 0.25) is 0 Å². The molecule has 2 aromatic rings. The summed E-state index contributed by atoms with van der Waals surface area (Å²) in [6.45, 7) is 0. The Bertz CT molecular complexity index is 537. The number of halogens is 4. The summed E-state index contributed by atoms with van der Waals surface area (Å²) >= 11 is 5.54. The molecule has 0 fully saturated rings. The van der Waals surface area contributed by atoms with E-state index in [1.54, 1.807) is 0 Å². The first kappa shape index (κ1) is 13.9. The van der Waals surface area contributed by atoms with Crippen LogP contribution in [-0.2, 0) is 12.6 Å². The van der Waals surface area contributed by atoms with Crippen molar-refractivity contribution in [2.75, 3.05) is 5.88 Å². The van der Waals surface area contributed by atoms with E-state index in [-0.39, 0.29) is 5.89 Å². The van der Waals surface area contributed by atoms with Gasteiger partial charge in [0.15, 0.2) is 0 Å². The van der Waals surface area contributed by atoms with Gasteiger partial charge in [0.25, 0.3) is 0 Å². The number of aryl methyl sites for hydroxylation is 1. The van der Waals surface area contributed by atoms with Crippen molar-refractivity contribution in [1.82, 2.24) is 10.2 Å². The molecule has 1 heterocycles. The Morgan fingerprint density at radius 1 is 1.11 bits per heavy atom. The van der Waals surface area contributed by atoms with Crippen LogP contribution < -0.4 is 0 Å². The second-order valence-corrected chi connectivity index (χ2v) is 4.25. The highest BCUT2D eigenvalue weighted by Crippen LogP contribution is 2.30. The SMILES string of the molecule is FC(F)(F)c1ccc(-c2nnc(CCCCl)o2)cc1. The molecule has 19 heavy (non-hydrogen) atoms. The Labute approximate surface area is 112 Å². The average Bonchev–Trinajstić information content (AvgIpc) is 2.84. The summed E-state index contributed by atoms with van der Waals surface area (Å²) in [7, 11) is 0. The van der Waals surface area contributed by atoms with Gasteiger partial charge >= 0.3 is 6.18 Å². The fourth-order valence-electron chi connectivity index (χ4n) is 1.49. The number of hydrogen-bond donors (Lipinski definition) is 0. The quantitative estimate of drug-likeness (QED) is 0.801. The summed E-state index contributed by atoms with van der Waals surface area (Å²) in [6, 6.07) is 4.58. The molecule has 0 saturated carbocycles. The number of aromatic nitrogens is 2. The van der Waals surface area contributed by atoms with Crippen molar-refractivity contribution >= 4 is 11.6 Å². The van der Waals surface area contributed by atoms with E-state index in [4.69, 9.17) is 16.0 Å². The van der Waals surface area contributed by atoms with Crippen molar-refractivity contribution in [1.29, 1.82) is 0 Å². The van der Waals surface area contributed by atoms with Crippen molar-refractivity contribution in [3.05, 3.63) is 35.7 Å². The summed E-state index contributed by atoms with van der Waals surface area (Å²) in [5, 5.41) is 7.59. The Morgan fingerprint density at radius 3 is 2.37 bits per heavy atom. The van der Waals surface area contributed by atoms with Crippen molar-refractivity contribution in [2.45, 2.75) is 19.0 Å². The smallest absolute Gasteiger partial charge is 0.416 e. The lowest BCUT2D eigenvalue weighted by Crippen LogP contribution is -2.03. The molecule has 0 bridgehead atoms. The molecule has 0 saturated heterocycles. The van der Waals surface area contributed by atoms with E-state index in [1.807, 2.05) is 0 Å². The van der Waals surface area contributed by atoms with E-state index in [0.717, 1.165) is 12.1 Å². The number of rotatable bonds is 4. The van der Waals surface area contributed by atoms with Gasteiger partial charge in [0.05, 0.1) is 5.56 Å². The molecule has 0 N–H and O–H groups in total. The van der Waals surface area contributed by atoms with E-state index in [9.17, 15) is 13.2 Å². The van der Waals surface area contributed by atoms with Crippen LogP contribution in [-0.4, -0.2) is 16.1 Å². The fourth-order valence-corrected chi connectivity index (χ4v) is 1.62. The van der Waals surface area contributed by atoms with E-state index in [1.165, 1.54) is 12.1 Å². The van der Waals surface area contributed by atoms with Gasteiger partial charge in [-0.25, -0.2) is 0 Å². The van der Waals surface area contributed by atoms with Gasteiger partial charge in [-0.15, -0.1) is 21.8 Å². The molecular formula is C12H10ClF3N2O. The topological polar surface area (TPSA) is 38.9 Å². The van der Waals surface area contributed by atoms with E-state index in [2.05, 4.69) is 10.2 Å². The van der Waals surface area contributed by atoms with Crippen molar-refractivity contribution in [2.24, 2.45) is 0 Å². The zero-order valence-electron chi connectivity index (χ0n) is 9.75. The highest BCUT2D eigenvalue weighted by atomic mass is 35.5. The molecule has 0 aliphatic carbocycles. The maximum Gasteiger partial charge on any atom is 0.416 e. The zero-order chi connectivity index (χ0) is 13.9. The van der Waals surface area contributed by atoms with Crippen LogP contribution >= 0.6 is 11.6 Å². The van der Waals surface area contributed by atoms with Gasteiger partial charge in [-0.2, -0.15) is 13.2 Å². The monoisotopic (exact) mass is 290 g/mol. The van der Waals surface area contributed by atoms with Crippen LogP contribution in [0.4, 0.5) is 13.2 Å². The number of alkyl halides is 4. The van der Waals surface area contributed by atoms with Gasteiger partial charge in [-0.05, 0) is 30.7 Å². The molecule has 0 unspecified atom stereocenters. The molecule has 102 valence electrons. The second kappa shape index (κ2) is 5.61. The molecule has 0 spiro atoms. The summed E-state index contributed by atoms with van der Waals surface area (Å²) < 4.78 is 42.5. The molecular weight excluding hydrogens is 281 g/mol. The molecule has 0 aliphatic rings. The van der Waals surface area contributed by atoms with Gasteiger partial charge in [-0.3, -0.25) is 0 Å². The molecule has 1 aromatic carbocycles. The van der Waals surface area contributed by atoms with E-state index in [0.29, 0.717) is 30.2 Å². The lowest BCUT2D eigenvalue weighted by molar-refractivity contribution is -0.137. The van der Waals surface area contributed by atoms with Crippen LogP contribution in [0.5, 0.6) is 0 Å². The molecule has 0 atom stereocenters. The van der Waals surface area contributed by atoms with Crippen LogP contribution in [0.1, 0.15) is 17.9 Å². The van der Waals surface area contributed by atoms with Gasteiger partial charge in [0.2, 0.25) is 11.8 Å². The Hall–Kier alpha value is -1.56. The molecule has 3 nitrogen and oxygen atoms in total. The minimum absolute atomic E-state index is 0.207. The van der Waals surface area contributed by atoms with E-state index < -0.39 is 11.7 Å². The molecule has 1 aromatic heterocycles. The maximum absolute atomic E-state index is 12.4. The standard InChI is InChI=1S/C12H10ClF3N2O/c13-7-1-2-10-17-18-11(19-10)8-3-5-9(6-4-8)12(14,15)16/h3-6H,1-2,7H2. The second-order valence-electron chi connectivity index (χ2n) is 3.87. The third kappa shape index (κ3) is 3.47. The van der Waals surface area contributed by atoms with Gasteiger partial charge < -0.3 is 4.42 Å². The first-order valence-electron chi connectivity index (χ1n) is 5.56.